The quantitative estimate of drug-likeness (QED) is 0.377. The number of hydrogen-bond donors (Lipinski definition) is 3. The zero-order valence-corrected chi connectivity index (χ0v) is 18.4. The summed E-state index contributed by atoms with van der Waals surface area (Å²) in [6, 6.07) is 23.5. The van der Waals surface area contributed by atoms with Crippen molar-refractivity contribution in [3.8, 4) is 11.1 Å². The molecule has 1 saturated carbocycles. The molecular formula is C28H26FN3O. The van der Waals surface area contributed by atoms with Crippen LogP contribution in [0.5, 0.6) is 0 Å². The van der Waals surface area contributed by atoms with Crippen molar-refractivity contribution in [2.45, 2.75) is 19.4 Å². The maximum atomic E-state index is 12.9. The number of allylic oxidation sites excluding steroid dienone is 2. The van der Waals surface area contributed by atoms with Crippen LogP contribution in [0.4, 0.5) is 15.8 Å². The number of amides is 1. The highest BCUT2D eigenvalue weighted by Crippen LogP contribution is 2.63. The second-order valence-corrected chi connectivity index (χ2v) is 8.64. The van der Waals surface area contributed by atoms with Gasteiger partial charge in [-0.2, -0.15) is 0 Å². The first-order valence-electron chi connectivity index (χ1n) is 11.2. The van der Waals surface area contributed by atoms with E-state index < -0.39 is 0 Å². The van der Waals surface area contributed by atoms with Crippen LogP contribution < -0.4 is 16.2 Å². The molecule has 3 aromatic carbocycles. The Hall–Kier alpha value is -3.70. The van der Waals surface area contributed by atoms with Crippen molar-refractivity contribution >= 4 is 17.3 Å². The van der Waals surface area contributed by atoms with E-state index in [1.54, 1.807) is 6.08 Å². The van der Waals surface area contributed by atoms with Gasteiger partial charge < -0.3 is 10.7 Å². The maximum Gasteiger partial charge on any atom is 0.255 e. The Kier molecular flexibility index (Phi) is 5.56. The molecule has 4 nitrogen and oxygen atoms in total. The van der Waals surface area contributed by atoms with Crippen LogP contribution in [0.3, 0.4) is 0 Å². The van der Waals surface area contributed by atoms with Crippen molar-refractivity contribution in [1.29, 1.82) is 0 Å². The minimum atomic E-state index is -0.175. The van der Waals surface area contributed by atoms with E-state index in [0.717, 1.165) is 34.5 Å². The molecule has 1 amide bonds. The van der Waals surface area contributed by atoms with Gasteiger partial charge in [-0.1, -0.05) is 60.7 Å². The summed E-state index contributed by atoms with van der Waals surface area (Å²) < 4.78 is 12.9. The SMILES string of the molecule is C/C=C\C1(C2NNc3ccc(NC(=O)c4ccc(-c5ccccc5)cc4)cc32)CC1/C=C/F. The number of anilines is 2. The molecule has 1 fully saturated rings. The van der Waals surface area contributed by atoms with Gasteiger partial charge in [-0.3, -0.25) is 4.79 Å². The van der Waals surface area contributed by atoms with Crippen LogP contribution in [0.1, 0.15) is 35.3 Å². The number of rotatable bonds is 6. The molecule has 0 spiro atoms. The van der Waals surface area contributed by atoms with E-state index in [0.29, 0.717) is 11.9 Å². The fourth-order valence-electron chi connectivity index (χ4n) is 4.88. The molecule has 0 aromatic heterocycles. The summed E-state index contributed by atoms with van der Waals surface area (Å²) in [4.78, 5) is 12.9. The standard InChI is InChI=1S/C28H26FN3O/c1-2-15-28(18-22(28)14-16-29)26-24-17-23(12-13-25(24)31-32-26)30-27(33)21-10-8-20(9-11-21)19-6-4-3-5-7-19/h2-17,22,26,31-32H,18H2,1H3,(H,30,33)/b15-2-,16-14+. The summed E-state index contributed by atoms with van der Waals surface area (Å²) in [6.45, 7) is 1.99. The Bertz CT molecular complexity index is 1220. The van der Waals surface area contributed by atoms with Crippen molar-refractivity contribution in [3.63, 3.8) is 0 Å². The Labute approximate surface area is 193 Å². The minimum absolute atomic E-state index is 0.00749. The molecule has 1 heterocycles. The fraction of sp³-hybridized carbons (Fsp3) is 0.179. The number of halogens is 1. The number of fused-ring (bicyclic) bond motifs is 1. The molecule has 3 atom stereocenters. The third-order valence-corrected chi connectivity index (χ3v) is 6.65. The van der Waals surface area contributed by atoms with Gasteiger partial charge in [-0.15, -0.1) is 0 Å². The molecule has 5 rings (SSSR count). The predicted molar refractivity (Wildman–Crippen MR) is 131 cm³/mol. The Balaban J connectivity index is 1.35. The van der Waals surface area contributed by atoms with Crippen LogP contribution in [-0.2, 0) is 0 Å². The first kappa shape index (κ1) is 21.2. The predicted octanol–water partition coefficient (Wildman–Crippen LogP) is 6.64. The number of hydrazine groups is 1. The highest BCUT2D eigenvalue weighted by atomic mass is 19.1. The average molecular weight is 440 g/mol. The van der Waals surface area contributed by atoms with Gasteiger partial charge >= 0.3 is 0 Å². The first-order valence-corrected chi connectivity index (χ1v) is 11.2. The van der Waals surface area contributed by atoms with Crippen LogP contribution in [0, 0.1) is 11.3 Å². The number of benzene rings is 3. The van der Waals surface area contributed by atoms with Crippen LogP contribution >= 0.6 is 0 Å². The summed E-state index contributed by atoms with van der Waals surface area (Å²) in [6.07, 6.45) is 7.33. The molecule has 3 unspecified atom stereocenters. The van der Waals surface area contributed by atoms with Crippen molar-refractivity contribution in [2.24, 2.45) is 11.3 Å². The van der Waals surface area contributed by atoms with Gasteiger partial charge in [0.25, 0.3) is 5.91 Å². The van der Waals surface area contributed by atoms with Gasteiger partial charge in [0.2, 0.25) is 0 Å². The normalized spacial score (nSPS) is 23.5. The van der Waals surface area contributed by atoms with Gasteiger partial charge in [0.1, 0.15) is 0 Å². The number of nitrogens with one attached hydrogen (secondary N) is 3. The molecule has 1 aliphatic carbocycles. The average Bonchev–Trinajstić information content (AvgIpc) is 3.35. The summed E-state index contributed by atoms with van der Waals surface area (Å²) in [5.41, 5.74) is 12.0. The van der Waals surface area contributed by atoms with E-state index in [4.69, 9.17) is 0 Å². The third kappa shape index (κ3) is 3.96. The molecule has 1 aliphatic heterocycles. The second-order valence-electron chi connectivity index (χ2n) is 8.64. The topological polar surface area (TPSA) is 53.2 Å². The number of carbonyl (C=O) groups excluding carboxylic acids is 1. The second kappa shape index (κ2) is 8.68. The highest BCUT2D eigenvalue weighted by molar-refractivity contribution is 6.04. The Morgan fingerprint density at radius 3 is 2.55 bits per heavy atom. The van der Waals surface area contributed by atoms with Crippen molar-refractivity contribution < 1.29 is 9.18 Å². The lowest BCUT2D eigenvalue weighted by Gasteiger charge is -2.21. The van der Waals surface area contributed by atoms with Gasteiger partial charge in [-0.25, -0.2) is 9.82 Å². The first-order chi connectivity index (χ1) is 16.1. The molecule has 33 heavy (non-hydrogen) atoms. The van der Waals surface area contributed by atoms with Crippen molar-refractivity contribution in [3.05, 3.63) is 108 Å². The molecule has 0 saturated heterocycles. The van der Waals surface area contributed by atoms with E-state index in [-0.39, 0.29) is 23.3 Å². The molecule has 2 aliphatic rings. The van der Waals surface area contributed by atoms with E-state index >= 15 is 0 Å². The molecule has 3 N–H and O–H groups in total. The lowest BCUT2D eigenvalue weighted by atomic mass is 9.87. The number of hydrogen-bond acceptors (Lipinski definition) is 3. The fourth-order valence-corrected chi connectivity index (χ4v) is 4.88. The van der Waals surface area contributed by atoms with Gasteiger partial charge in [0.05, 0.1) is 18.1 Å². The molecule has 3 aromatic rings. The molecule has 166 valence electrons. The lowest BCUT2D eigenvalue weighted by molar-refractivity contribution is 0.102. The zero-order chi connectivity index (χ0) is 22.8. The van der Waals surface area contributed by atoms with Crippen LogP contribution in [0.2, 0.25) is 0 Å². The molecule has 0 bridgehead atoms. The van der Waals surface area contributed by atoms with Crippen molar-refractivity contribution in [2.75, 3.05) is 10.7 Å². The Morgan fingerprint density at radius 1 is 1.06 bits per heavy atom. The molecule has 5 heteroatoms. The van der Waals surface area contributed by atoms with Crippen LogP contribution in [0.25, 0.3) is 11.1 Å². The lowest BCUT2D eigenvalue weighted by Crippen LogP contribution is -2.27. The van der Waals surface area contributed by atoms with Gasteiger partial charge in [0, 0.05) is 16.7 Å². The largest absolute Gasteiger partial charge is 0.322 e. The minimum Gasteiger partial charge on any atom is -0.322 e. The van der Waals surface area contributed by atoms with Crippen LogP contribution in [0.15, 0.2) is 97.4 Å². The van der Waals surface area contributed by atoms with E-state index in [1.807, 2.05) is 85.8 Å². The zero-order valence-electron chi connectivity index (χ0n) is 18.4. The van der Waals surface area contributed by atoms with E-state index in [2.05, 4.69) is 22.2 Å². The summed E-state index contributed by atoms with van der Waals surface area (Å²) in [7, 11) is 0. The van der Waals surface area contributed by atoms with Crippen molar-refractivity contribution in [1.82, 2.24) is 5.43 Å². The number of carbonyl (C=O) groups is 1. The highest BCUT2D eigenvalue weighted by Gasteiger charge is 2.57. The monoisotopic (exact) mass is 439 g/mol. The summed E-state index contributed by atoms with van der Waals surface area (Å²) in [5, 5.41) is 3.02. The summed E-state index contributed by atoms with van der Waals surface area (Å²) in [5.74, 6) is -0.0109. The van der Waals surface area contributed by atoms with Gasteiger partial charge in [0.15, 0.2) is 0 Å². The molecular weight excluding hydrogens is 413 g/mol. The van der Waals surface area contributed by atoms with E-state index in [9.17, 15) is 9.18 Å². The van der Waals surface area contributed by atoms with E-state index in [1.165, 1.54) is 0 Å². The van der Waals surface area contributed by atoms with Crippen LogP contribution in [-0.4, -0.2) is 5.91 Å². The maximum absolute atomic E-state index is 12.9. The van der Waals surface area contributed by atoms with Gasteiger partial charge in [-0.05, 0) is 66.3 Å². The third-order valence-electron chi connectivity index (χ3n) is 6.65. The molecule has 0 radical (unpaired) electrons. The summed E-state index contributed by atoms with van der Waals surface area (Å²) >= 11 is 0. The Morgan fingerprint density at radius 2 is 1.82 bits per heavy atom. The smallest absolute Gasteiger partial charge is 0.255 e.